The first-order valence-corrected chi connectivity index (χ1v) is 6.01. The molecule has 1 aromatic rings. The molecule has 0 unspecified atom stereocenters. The highest BCUT2D eigenvalue weighted by Gasteiger charge is 2.27. The van der Waals surface area contributed by atoms with Gasteiger partial charge in [0.2, 0.25) is 0 Å². The third kappa shape index (κ3) is 4.45. The van der Waals surface area contributed by atoms with Gasteiger partial charge in [-0.2, -0.15) is 13.2 Å². The van der Waals surface area contributed by atoms with E-state index in [1.54, 1.807) is 0 Å². The minimum atomic E-state index is -4.30. The van der Waals surface area contributed by atoms with E-state index in [4.69, 9.17) is 11.6 Å². The second-order valence-corrected chi connectivity index (χ2v) is 4.31. The first-order chi connectivity index (χ1) is 8.35. The Balaban J connectivity index is 2.55. The van der Waals surface area contributed by atoms with Gasteiger partial charge in [-0.05, 0) is 13.8 Å². The molecule has 0 radical (unpaired) electrons. The second-order valence-electron chi connectivity index (χ2n) is 4.05. The van der Waals surface area contributed by atoms with Crippen LogP contribution in [0.1, 0.15) is 31.5 Å². The number of halogens is 4. The Morgan fingerprint density at radius 1 is 1.28 bits per heavy atom. The van der Waals surface area contributed by atoms with Gasteiger partial charge in [-0.15, -0.1) is 21.8 Å². The Morgan fingerprint density at radius 2 is 1.89 bits per heavy atom. The number of aromatic nitrogens is 3. The summed E-state index contributed by atoms with van der Waals surface area (Å²) in [5, 5.41) is 7.80. The van der Waals surface area contributed by atoms with E-state index in [-0.39, 0.29) is 24.9 Å². The molecule has 0 aliphatic heterocycles. The van der Waals surface area contributed by atoms with Crippen LogP contribution in [0.3, 0.4) is 0 Å². The second kappa shape index (κ2) is 6.38. The maximum absolute atomic E-state index is 11.9. The Hall–Kier alpha value is -0.820. The molecule has 0 bridgehead atoms. The number of alkyl halides is 4. The summed E-state index contributed by atoms with van der Waals surface area (Å²) < 4.78 is 42.0. The van der Waals surface area contributed by atoms with Crippen LogP contribution in [0.2, 0.25) is 0 Å². The lowest BCUT2D eigenvalue weighted by Crippen LogP contribution is -2.19. The van der Waals surface area contributed by atoms with Crippen LogP contribution in [0.5, 0.6) is 0 Å². The van der Waals surface area contributed by atoms with Crippen LogP contribution >= 0.6 is 11.6 Å². The number of nitrogens with zero attached hydrogens (tertiary/aromatic N) is 3. The minimum Gasteiger partial charge on any atom is -0.372 e. The summed E-state index contributed by atoms with van der Waals surface area (Å²) in [5.41, 5.74) is 0. The molecule has 18 heavy (non-hydrogen) atoms. The number of hydrogen-bond donors (Lipinski definition) is 0. The minimum absolute atomic E-state index is 0.0490. The first-order valence-electron chi connectivity index (χ1n) is 5.48. The summed E-state index contributed by atoms with van der Waals surface area (Å²) in [6.07, 6.45) is -4.02. The van der Waals surface area contributed by atoms with Crippen molar-refractivity contribution in [2.45, 2.75) is 38.4 Å². The Bertz CT molecular complexity index is 379. The molecule has 1 rings (SSSR count). The van der Waals surface area contributed by atoms with Crippen molar-refractivity contribution < 1.29 is 17.9 Å². The monoisotopic (exact) mass is 285 g/mol. The molecule has 0 N–H and O–H groups in total. The molecule has 0 fully saturated rings. The molecule has 4 nitrogen and oxygen atoms in total. The molecule has 104 valence electrons. The molecule has 0 saturated heterocycles. The molecule has 0 saturated carbocycles. The number of rotatable bonds is 6. The normalized spacial score (nSPS) is 12.4. The standard InChI is InChI=1S/C10H15ClF3N3O/c1-7(2)17-8(15-16-9(17)5-11)3-4-18-6-10(12,13)14/h7H,3-6H2,1-2H3. The average Bonchev–Trinajstić information content (AvgIpc) is 2.66. The van der Waals surface area contributed by atoms with Gasteiger partial charge in [-0.25, -0.2) is 0 Å². The van der Waals surface area contributed by atoms with E-state index >= 15 is 0 Å². The SMILES string of the molecule is CC(C)n1c(CCl)nnc1CCOCC(F)(F)F. The molecule has 0 amide bonds. The van der Waals surface area contributed by atoms with E-state index in [1.807, 2.05) is 18.4 Å². The van der Waals surface area contributed by atoms with Crippen LogP contribution in [-0.4, -0.2) is 34.2 Å². The van der Waals surface area contributed by atoms with E-state index < -0.39 is 12.8 Å². The molecule has 1 heterocycles. The van der Waals surface area contributed by atoms with Gasteiger partial charge in [0.05, 0.1) is 12.5 Å². The molecule has 0 aromatic carbocycles. The van der Waals surface area contributed by atoms with Crippen LogP contribution in [0, 0.1) is 0 Å². The lowest BCUT2D eigenvalue weighted by molar-refractivity contribution is -0.173. The first kappa shape index (κ1) is 15.2. The predicted molar refractivity (Wildman–Crippen MR) is 60.5 cm³/mol. The summed E-state index contributed by atoms with van der Waals surface area (Å²) in [5.74, 6) is 1.41. The lowest BCUT2D eigenvalue weighted by atomic mass is 10.3. The fraction of sp³-hybridized carbons (Fsp3) is 0.800. The highest BCUT2D eigenvalue weighted by atomic mass is 35.5. The summed E-state index contributed by atoms with van der Waals surface area (Å²) in [7, 11) is 0. The summed E-state index contributed by atoms with van der Waals surface area (Å²) >= 11 is 5.71. The predicted octanol–water partition coefficient (Wildman–Crippen LogP) is 2.72. The van der Waals surface area contributed by atoms with E-state index in [0.29, 0.717) is 11.6 Å². The Kier molecular flexibility index (Phi) is 5.40. The highest BCUT2D eigenvalue weighted by Crippen LogP contribution is 2.16. The van der Waals surface area contributed by atoms with Gasteiger partial charge in [0.1, 0.15) is 18.3 Å². The van der Waals surface area contributed by atoms with Crippen molar-refractivity contribution >= 4 is 11.6 Å². The average molecular weight is 286 g/mol. The topological polar surface area (TPSA) is 39.9 Å². The third-order valence-corrected chi connectivity index (χ3v) is 2.45. The maximum Gasteiger partial charge on any atom is 0.411 e. The van der Waals surface area contributed by atoms with Gasteiger partial charge in [0.25, 0.3) is 0 Å². The van der Waals surface area contributed by atoms with Crippen molar-refractivity contribution in [3.8, 4) is 0 Å². The molecule has 1 aromatic heterocycles. The maximum atomic E-state index is 11.9. The van der Waals surface area contributed by atoms with Crippen LogP contribution in [0.15, 0.2) is 0 Å². The smallest absolute Gasteiger partial charge is 0.372 e. The van der Waals surface area contributed by atoms with Crippen molar-refractivity contribution in [1.29, 1.82) is 0 Å². The van der Waals surface area contributed by atoms with E-state index in [2.05, 4.69) is 14.9 Å². The molecule has 0 aliphatic carbocycles. The Labute approximate surface area is 108 Å². The molecule has 0 spiro atoms. The van der Waals surface area contributed by atoms with Crippen molar-refractivity contribution in [2.75, 3.05) is 13.2 Å². The molecule has 8 heteroatoms. The van der Waals surface area contributed by atoms with Gasteiger partial charge in [0, 0.05) is 12.5 Å². The van der Waals surface area contributed by atoms with Crippen molar-refractivity contribution in [2.24, 2.45) is 0 Å². The molecule has 0 aliphatic rings. The Morgan fingerprint density at radius 3 is 2.39 bits per heavy atom. The van der Waals surface area contributed by atoms with Crippen LogP contribution in [0.25, 0.3) is 0 Å². The molecular weight excluding hydrogens is 271 g/mol. The lowest BCUT2D eigenvalue weighted by Gasteiger charge is -2.13. The summed E-state index contributed by atoms with van der Waals surface area (Å²) in [4.78, 5) is 0. The zero-order valence-corrected chi connectivity index (χ0v) is 10.9. The van der Waals surface area contributed by atoms with Gasteiger partial charge < -0.3 is 9.30 Å². The zero-order chi connectivity index (χ0) is 13.8. The largest absolute Gasteiger partial charge is 0.411 e. The number of ether oxygens (including phenoxy) is 1. The van der Waals surface area contributed by atoms with Crippen LogP contribution in [0.4, 0.5) is 13.2 Å². The summed E-state index contributed by atoms with van der Waals surface area (Å²) in [6, 6.07) is 0.103. The van der Waals surface area contributed by atoms with Crippen LogP contribution in [-0.2, 0) is 17.0 Å². The van der Waals surface area contributed by atoms with Crippen LogP contribution < -0.4 is 0 Å². The molecule has 0 atom stereocenters. The van der Waals surface area contributed by atoms with Crippen molar-refractivity contribution in [3.63, 3.8) is 0 Å². The van der Waals surface area contributed by atoms with Crippen molar-refractivity contribution in [1.82, 2.24) is 14.8 Å². The fourth-order valence-corrected chi connectivity index (χ4v) is 1.75. The number of hydrogen-bond acceptors (Lipinski definition) is 3. The van der Waals surface area contributed by atoms with E-state index in [1.165, 1.54) is 0 Å². The zero-order valence-electron chi connectivity index (χ0n) is 10.2. The van der Waals surface area contributed by atoms with Gasteiger partial charge in [-0.3, -0.25) is 0 Å². The van der Waals surface area contributed by atoms with E-state index in [9.17, 15) is 13.2 Å². The highest BCUT2D eigenvalue weighted by molar-refractivity contribution is 6.16. The third-order valence-electron chi connectivity index (χ3n) is 2.21. The summed E-state index contributed by atoms with van der Waals surface area (Å²) in [6.45, 7) is 2.57. The van der Waals surface area contributed by atoms with Gasteiger partial charge in [-0.1, -0.05) is 0 Å². The van der Waals surface area contributed by atoms with Gasteiger partial charge >= 0.3 is 6.18 Å². The van der Waals surface area contributed by atoms with Crippen molar-refractivity contribution in [3.05, 3.63) is 11.6 Å². The van der Waals surface area contributed by atoms with Gasteiger partial charge in [0.15, 0.2) is 0 Å². The quantitative estimate of drug-likeness (QED) is 0.596. The fourth-order valence-electron chi connectivity index (χ4n) is 1.57. The molecular formula is C10H15ClF3N3O. The van der Waals surface area contributed by atoms with E-state index in [0.717, 1.165) is 0 Å².